The predicted molar refractivity (Wildman–Crippen MR) is 96.2 cm³/mol. The number of amides is 2. The van der Waals surface area contributed by atoms with Gasteiger partial charge in [0.05, 0.1) is 5.69 Å². The zero-order valence-electron chi connectivity index (χ0n) is 15.1. The molecule has 1 aliphatic rings. The predicted octanol–water partition coefficient (Wildman–Crippen LogP) is 2.43. The van der Waals surface area contributed by atoms with Gasteiger partial charge in [0, 0.05) is 18.2 Å². The van der Waals surface area contributed by atoms with E-state index in [1.807, 2.05) is 39.0 Å². The SMILES string of the molecule is Cc1ccc(-c2cc(C(=O)NC3CCN(C(C)C)C3=O)[nH]n2)cc1C. The van der Waals surface area contributed by atoms with Crippen LogP contribution in [0.3, 0.4) is 0 Å². The van der Waals surface area contributed by atoms with Crippen LogP contribution in [0, 0.1) is 13.8 Å². The summed E-state index contributed by atoms with van der Waals surface area (Å²) in [7, 11) is 0. The normalized spacial score (nSPS) is 17.4. The lowest BCUT2D eigenvalue weighted by Crippen LogP contribution is -2.43. The van der Waals surface area contributed by atoms with Crippen LogP contribution in [0.4, 0.5) is 0 Å². The van der Waals surface area contributed by atoms with Crippen molar-refractivity contribution in [2.75, 3.05) is 6.54 Å². The Balaban J connectivity index is 1.71. The number of carbonyl (C=O) groups excluding carboxylic acids is 2. The van der Waals surface area contributed by atoms with Gasteiger partial charge in [-0.2, -0.15) is 5.10 Å². The van der Waals surface area contributed by atoms with Gasteiger partial charge in [0.15, 0.2) is 0 Å². The third-order valence-electron chi connectivity index (χ3n) is 4.79. The van der Waals surface area contributed by atoms with E-state index in [0.717, 1.165) is 11.3 Å². The van der Waals surface area contributed by atoms with E-state index in [4.69, 9.17) is 0 Å². The fourth-order valence-electron chi connectivity index (χ4n) is 3.07. The first-order valence-electron chi connectivity index (χ1n) is 8.61. The second kappa shape index (κ2) is 6.70. The van der Waals surface area contributed by atoms with Crippen molar-refractivity contribution < 1.29 is 9.59 Å². The van der Waals surface area contributed by atoms with Gasteiger partial charge in [0.1, 0.15) is 11.7 Å². The molecule has 132 valence electrons. The summed E-state index contributed by atoms with van der Waals surface area (Å²) in [5.41, 5.74) is 4.43. The molecule has 2 aromatic rings. The number of H-pyrrole nitrogens is 1. The van der Waals surface area contributed by atoms with E-state index in [-0.39, 0.29) is 17.9 Å². The zero-order valence-corrected chi connectivity index (χ0v) is 15.1. The summed E-state index contributed by atoms with van der Waals surface area (Å²) in [6.45, 7) is 8.74. The third kappa shape index (κ3) is 3.43. The van der Waals surface area contributed by atoms with E-state index in [2.05, 4.69) is 22.4 Å². The van der Waals surface area contributed by atoms with Gasteiger partial charge in [-0.05, 0) is 57.4 Å². The van der Waals surface area contributed by atoms with Crippen LogP contribution in [0.5, 0.6) is 0 Å². The Labute approximate surface area is 147 Å². The molecule has 3 rings (SSSR count). The Morgan fingerprint density at radius 1 is 1.28 bits per heavy atom. The average molecular weight is 340 g/mol. The first kappa shape index (κ1) is 17.2. The summed E-state index contributed by atoms with van der Waals surface area (Å²) < 4.78 is 0. The molecule has 0 aliphatic carbocycles. The molecule has 2 N–H and O–H groups in total. The van der Waals surface area contributed by atoms with Gasteiger partial charge in [-0.25, -0.2) is 0 Å². The van der Waals surface area contributed by atoms with Gasteiger partial charge in [-0.15, -0.1) is 0 Å². The zero-order chi connectivity index (χ0) is 18.1. The van der Waals surface area contributed by atoms with Crippen molar-refractivity contribution in [3.63, 3.8) is 0 Å². The number of aromatic amines is 1. The average Bonchev–Trinajstić information content (AvgIpc) is 3.18. The smallest absolute Gasteiger partial charge is 0.269 e. The van der Waals surface area contributed by atoms with Gasteiger partial charge in [-0.1, -0.05) is 12.1 Å². The largest absolute Gasteiger partial charge is 0.339 e. The molecule has 1 fully saturated rings. The number of hydrogen-bond acceptors (Lipinski definition) is 3. The minimum absolute atomic E-state index is 0.0164. The molecule has 0 spiro atoms. The van der Waals surface area contributed by atoms with Crippen molar-refractivity contribution in [2.45, 2.75) is 46.2 Å². The van der Waals surface area contributed by atoms with Gasteiger partial charge in [-0.3, -0.25) is 14.7 Å². The minimum atomic E-state index is -0.455. The number of likely N-dealkylation sites (tertiary alicyclic amines) is 1. The molecule has 1 atom stereocenters. The molecule has 0 bridgehead atoms. The van der Waals surface area contributed by atoms with Crippen LogP contribution in [0.1, 0.15) is 41.9 Å². The van der Waals surface area contributed by atoms with Crippen LogP contribution in [-0.2, 0) is 4.79 Å². The number of nitrogens with zero attached hydrogens (tertiary/aromatic N) is 2. The first-order valence-corrected chi connectivity index (χ1v) is 8.61. The summed E-state index contributed by atoms with van der Waals surface area (Å²) in [4.78, 5) is 26.5. The Morgan fingerprint density at radius 2 is 2.04 bits per heavy atom. The van der Waals surface area contributed by atoms with Crippen molar-refractivity contribution in [3.8, 4) is 11.3 Å². The fourth-order valence-corrected chi connectivity index (χ4v) is 3.07. The van der Waals surface area contributed by atoms with Gasteiger partial charge in [0.25, 0.3) is 5.91 Å². The highest BCUT2D eigenvalue weighted by Gasteiger charge is 2.34. The highest BCUT2D eigenvalue weighted by Crippen LogP contribution is 2.21. The summed E-state index contributed by atoms with van der Waals surface area (Å²) in [6.07, 6.45) is 0.640. The maximum absolute atomic E-state index is 12.4. The van der Waals surface area contributed by atoms with Crippen LogP contribution >= 0.6 is 0 Å². The fraction of sp³-hybridized carbons (Fsp3) is 0.421. The number of nitrogens with one attached hydrogen (secondary N) is 2. The van der Waals surface area contributed by atoms with Crippen LogP contribution in [0.2, 0.25) is 0 Å². The molecule has 0 radical (unpaired) electrons. The van der Waals surface area contributed by atoms with E-state index in [9.17, 15) is 9.59 Å². The quantitative estimate of drug-likeness (QED) is 0.897. The first-order chi connectivity index (χ1) is 11.9. The molecule has 0 saturated carbocycles. The summed E-state index contributed by atoms with van der Waals surface area (Å²) in [5.74, 6) is -0.316. The maximum Gasteiger partial charge on any atom is 0.269 e. The van der Waals surface area contributed by atoms with E-state index in [1.54, 1.807) is 11.0 Å². The summed E-state index contributed by atoms with van der Waals surface area (Å²) >= 11 is 0. The molecular formula is C19H24N4O2. The number of aryl methyl sites for hydroxylation is 2. The summed E-state index contributed by atoms with van der Waals surface area (Å²) in [6, 6.07) is 7.49. The number of rotatable bonds is 4. The van der Waals surface area contributed by atoms with Crippen LogP contribution in [-0.4, -0.2) is 45.5 Å². The van der Waals surface area contributed by atoms with Gasteiger partial charge in [0.2, 0.25) is 5.91 Å². The van der Waals surface area contributed by atoms with E-state index < -0.39 is 6.04 Å². The molecular weight excluding hydrogens is 316 g/mol. The van der Waals surface area contributed by atoms with E-state index in [1.165, 1.54) is 11.1 Å². The molecule has 1 unspecified atom stereocenters. The Bertz CT molecular complexity index is 810. The van der Waals surface area contributed by atoms with E-state index in [0.29, 0.717) is 18.7 Å². The van der Waals surface area contributed by atoms with Crippen molar-refractivity contribution >= 4 is 11.8 Å². The molecule has 1 aliphatic heterocycles. The highest BCUT2D eigenvalue weighted by atomic mass is 16.2. The van der Waals surface area contributed by atoms with Crippen LogP contribution < -0.4 is 5.32 Å². The van der Waals surface area contributed by atoms with Gasteiger partial charge < -0.3 is 10.2 Å². The number of benzene rings is 1. The molecule has 2 amide bonds. The number of hydrogen-bond donors (Lipinski definition) is 2. The molecule has 2 heterocycles. The molecule has 1 aromatic heterocycles. The molecule has 1 aromatic carbocycles. The Morgan fingerprint density at radius 3 is 2.68 bits per heavy atom. The monoisotopic (exact) mass is 340 g/mol. The lowest BCUT2D eigenvalue weighted by molar-refractivity contribution is -0.130. The number of aromatic nitrogens is 2. The lowest BCUT2D eigenvalue weighted by atomic mass is 10.0. The Kier molecular flexibility index (Phi) is 4.61. The maximum atomic E-state index is 12.4. The van der Waals surface area contributed by atoms with Crippen LogP contribution in [0.15, 0.2) is 24.3 Å². The van der Waals surface area contributed by atoms with Crippen LogP contribution in [0.25, 0.3) is 11.3 Å². The standard InChI is InChI=1S/C19H24N4O2/c1-11(2)23-8-7-15(19(23)25)20-18(24)17-10-16(21-22-17)14-6-5-12(3)13(4)9-14/h5-6,9-11,15H,7-8H2,1-4H3,(H,20,24)(H,21,22). The second-order valence-corrected chi connectivity index (χ2v) is 6.91. The Hall–Kier alpha value is -2.63. The number of carbonyl (C=O) groups is 2. The highest BCUT2D eigenvalue weighted by molar-refractivity contribution is 5.97. The van der Waals surface area contributed by atoms with E-state index >= 15 is 0 Å². The molecule has 25 heavy (non-hydrogen) atoms. The topological polar surface area (TPSA) is 78.1 Å². The molecule has 6 heteroatoms. The van der Waals surface area contributed by atoms with Crippen molar-refractivity contribution in [3.05, 3.63) is 41.1 Å². The molecule has 6 nitrogen and oxygen atoms in total. The van der Waals surface area contributed by atoms with Crippen molar-refractivity contribution in [2.24, 2.45) is 0 Å². The third-order valence-corrected chi connectivity index (χ3v) is 4.79. The summed E-state index contributed by atoms with van der Waals surface area (Å²) in [5, 5.41) is 9.82. The second-order valence-electron chi connectivity index (χ2n) is 6.91. The van der Waals surface area contributed by atoms with Gasteiger partial charge >= 0.3 is 0 Å². The lowest BCUT2D eigenvalue weighted by Gasteiger charge is -2.20. The molecule has 1 saturated heterocycles. The van der Waals surface area contributed by atoms with Crippen molar-refractivity contribution in [1.29, 1.82) is 0 Å². The minimum Gasteiger partial charge on any atom is -0.339 e. The van der Waals surface area contributed by atoms with Crippen molar-refractivity contribution in [1.82, 2.24) is 20.4 Å².